The van der Waals surface area contributed by atoms with Crippen LogP contribution in [0, 0.1) is 58.2 Å². The zero-order chi connectivity index (χ0) is 40.2. The summed E-state index contributed by atoms with van der Waals surface area (Å²) in [4.78, 5) is 52.8. The molecule has 2 N–H and O–H groups in total. The van der Waals surface area contributed by atoms with E-state index in [1.54, 1.807) is 6.20 Å². The standard InChI is InChI=1S/C18H29NO3.C9H15NO2.C9H16O2.C5H6I2N2.ClH/c1-11(12-8-6-5-7-9-12)16(20)19-10-13-14(18(13,2)3)15(19)17(21)22-4;1-9(2)5-4-10-7(6(5)9)8(11)12-3;1-7(9(10)11)8-5-3-2-4-6-8;1-5(6,7)9-3-2-8-4-9;/h11-15H,5-10H2,1-4H3;5-7,10H,4H2,1-3H3;7-8H,2-6H2,1H3,(H,10,11);2-4H,1H3;1H/p-1/t11-,13?,14?,15-;5?,6?,7-;7-;;/m000../s1. The number of aliphatic carboxylic acids is 1. The van der Waals surface area contributed by atoms with Crippen molar-refractivity contribution in [1.82, 2.24) is 19.8 Å². The van der Waals surface area contributed by atoms with E-state index in [4.69, 9.17) is 14.6 Å². The van der Waals surface area contributed by atoms with E-state index < -0.39 is 5.97 Å². The Bertz CT molecular complexity index is 1430. The maximum Gasteiger partial charge on any atom is 0.328 e. The molecule has 0 aromatic carbocycles. The van der Waals surface area contributed by atoms with Crippen molar-refractivity contribution in [3.05, 3.63) is 18.7 Å². The first-order chi connectivity index (χ1) is 25.3. The van der Waals surface area contributed by atoms with Crippen LogP contribution in [0.4, 0.5) is 0 Å². The summed E-state index contributed by atoms with van der Waals surface area (Å²) < 4.78 is 11.9. The number of amides is 1. The number of halogens is 3. The number of carbonyl (C=O) groups is 4. The quantitative estimate of drug-likeness (QED) is 0.221. The van der Waals surface area contributed by atoms with E-state index in [1.165, 1.54) is 52.7 Å². The maximum atomic E-state index is 13.0. The Morgan fingerprint density at radius 2 is 1.35 bits per heavy atom. The molecule has 55 heavy (non-hydrogen) atoms. The predicted octanol–water partition coefficient (Wildman–Crippen LogP) is 4.94. The van der Waals surface area contributed by atoms with Gasteiger partial charge in [-0.1, -0.05) is 80.1 Å². The van der Waals surface area contributed by atoms with E-state index in [1.807, 2.05) is 28.9 Å². The fraction of sp³-hybridized carbons (Fsp3) is 0.829. The molecule has 2 saturated heterocycles. The van der Waals surface area contributed by atoms with Crippen molar-refractivity contribution in [3.63, 3.8) is 0 Å². The second-order valence-electron chi connectivity index (χ2n) is 17.8. The van der Waals surface area contributed by atoms with Gasteiger partial charge in [-0.25, -0.2) is 9.78 Å². The molecule has 2 aliphatic heterocycles. The molecule has 6 fully saturated rings. The first-order valence-electron chi connectivity index (χ1n) is 20.1. The summed E-state index contributed by atoms with van der Waals surface area (Å²) in [5, 5.41) is 11.9. The Labute approximate surface area is 363 Å². The summed E-state index contributed by atoms with van der Waals surface area (Å²) in [6.07, 6.45) is 17.6. The first-order valence-corrected chi connectivity index (χ1v) is 22.2. The van der Waals surface area contributed by atoms with Crippen LogP contribution in [0.15, 0.2) is 18.7 Å². The average molecular weight is 1020 g/mol. The number of carboxylic acid groups (broad SMARTS) is 1. The van der Waals surface area contributed by atoms with Gasteiger partial charge < -0.3 is 41.8 Å². The number of alkyl halides is 2. The van der Waals surface area contributed by atoms with Crippen LogP contribution >= 0.6 is 45.2 Å². The van der Waals surface area contributed by atoms with Crippen LogP contribution < -0.4 is 17.7 Å². The highest BCUT2D eigenvalue weighted by Crippen LogP contribution is 2.65. The highest BCUT2D eigenvalue weighted by Gasteiger charge is 2.70. The lowest BCUT2D eigenvalue weighted by molar-refractivity contribution is -0.155. The molecule has 1 amide bonds. The van der Waals surface area contributed by atoms with Crippen LogP contribution in [0.5, 0.6) is 0 Å². The summed E-state index contributed by atoms with van der Waals surface area (Å²) in [7, 11) is 2.88. The molecule has 7 rings (SSSR count). The number of hydrogen-bond acceptors (Lipinski definition) is 8. The van der Waals surface area contributed by atoms with E-state index in [9.17, 15) is 19.2 Å². The van der Waals surface area contributed by atoms with E-state index in [-0.39, 0.29) is 67.1 Å². The number of imidazole rings is 1. The van der Waals surface area contributed by atoms with E-state index >= 15 is 0 Å². The second kappa shape index (κ2) is 20.2. The average Bonchev–Trinajstić information content (AvgIpc) is 3.64. The predicted molar refractivity (Wildman–Crippen MR) is 226 cm³/mol. The van der Waals surface area contributed by atoms with Crippen LogP contribution in [-0.4, -0.2) is 82.8 Å². The Kier molecular flexibility index (Phi) is 17.7. The molecule has 11 nitrogen and oxygen atoms in total. The van der Waals surface area contributed by atoms with Crippen molar-refractivity contribution in [2.45, 2.75) is 126 Å². The number of carbonyl (C=O) groups excluding carboxylic acids is 3. The second-order valence-corrected chi connectivity index (χ2v) is 24.1. The van der Waals surface area contributed by atoms with Gasteiger partial charge in [0.2, 0.25) is 5.91 Å². The maximum absolute atomic E-state index is 13.0. The van der Waals surface area contributed by atoms with Crippen LogP contribution in [0.3, 0.4) is 0 Å². The van der Waals surface area contributed by atoms with Gasteiger partial charge in [-0.05, 0) is 125 Å². The van der Waals surface area contributed by atoms with Gasteiger partial charge in [-0.2, -0.15) is 0 Å². The van der Waals surface area contributed by atoms with Gasteiger partial charge >= 0.3 is 17.9 Å². The van der Waals surface area contributed by atoms with Crippen LogP contribution in [0.1, 0.15) is 113 Å². The Balaban J connectivity index is 0.000000210. The Morgan fingerprint density at radius 1 is 0.836 bits per heavy atom. The van der Waals surface area contributed by atoms with Crippen molar-refractivity contribution < 1.29 is 46.2 Å². The molecule has 3 heterocycles. The molecule has 0 spiro atoms. The Morgan fingerprint density at radius 3 is 1.75 bits per heavy atom. The van der Waals surface area contributed by atoms with Crippen LogP contribution in [0.25, 0.3) is 0 Å². The van der Waals surface area contributed by atoms with Crippen LogP contribution in [0.2, 0.25) is 0 Å². The molecule has 1 aromatic heterocycles. The number of carboxylic acids is 1. The Hall–Kier alpha value is -1.20. The molecule has 4 aliphatic carbocycles. The molecule has 14 heteroatoms. The van der Waals surface area contributed by atoms with Crippen molar-refractivity contribution in [1.29, 1.82) is 0 Å². The minimum absolute atomic E-state index is 0. The number of hydrogen-bond donors (Lipinski definition) is 2. The molecule has 0 radical (unpaired) electrons. The van der Waals surface area contributed by atoms with Crippen molar-refractivity contribution in [3.8, 4) is 0 Å². The molecule has 314 valence electrons. The van der Waals surface area contributed by atoms with E-state index in [0.717, 1.165) is 38.8 Å². The zero-order valence-corrected chi connectivity index (χ0v) is 39.4. The summed E-state index contributed by atoms with van der Waals surface area (Å²) >= 11 is 4.70. The normalized spacial score (nSPS) is 29.7. The summed E-state index contributed by atoms with van der Waals surface area (Å²) in [5.41, 5.74) is 0.522. The summed E-state index contributed by atoms with van der Waals surface area (Å²) in [5.74, 6) is 1.97. The number of fused-ring (bicyclic) bond motifs is 2. The van der Waals surface area contributed by atoms with Gasteiger partial charge in [0.25, 0.3) is 0 Å². The molecule has 4 unspecified atom stereocenters. The number of aromatic nitrogens is 2. The highest BCUT2D eigenvalue weighted by molar-refractivity contribution is 14.2. The molecular formula is C41H66ClI2N4O7-. The lowest BCUT2D eigenvalue weighted by Gasteiger charge is -2.34. The third-order valence-electron chi connectivity index (χ3n) is 13.9. The number of piperidine rings is 2. The zero-order valence-electron chi connectivity index (χ0n) is 34.4. The van der Waals surface area contributed by atoms with Crippen molar-refractivity contribution in [2.24, 2.45) is 58.2 Å². The van der Waals surface area contributed by atoms with Crippen LogP contribution in [-0.2, 0) is 30.2 Å². The van der Waals surface area contributed by atoms with Gasteiger partial charge in [-0.15, -0.1) is 0 Å². The molecule has 0 bridgehead atoms. The highest BCUT2D eigenvalue weighted by atomic mass is 127. The number of nitrogens with one attached hydrogen (secondary N) is 1. The number of likely N-dealkylation sites (tertiary alicyclic amines) is 1. The fourth-order valence-electron chi connectivity index (χ4n) is 9.90. The lowest BCUT2D eigenvalue weighted by Crippen LogP contribution is -3.00. The number of rotatable bonds is 7. The lowest BCUT2D eigenvalue weighted by atomic mass is 9.80. The third kappa shape index (κ3) is 11.5. The summed E-state index contributed by atoms with van der Waals surface area (Å²) in [6.45, 7) is 16.5. The van der Waals surface area contributed by atoms with Crippen molar-refractivity contribution >= 4 is 69.0 Å². The number of esters is 2. The van der Waals surface area contributed by atoms with Gasteiger partial charge in [0.05, 0.1) is 26.5 Å². The number of nitrogens with zero attached hydrogens (tertiary/aromatic N) is 3. The molecule has 4 saturated carbocycles. The molecule has 6 aliphatic rings. The first kappa shape index (κ1) is 48.2. The summed E-state index contributed by atoms with van der Waals surface area (Å²) in [6, 6.07) is -0.404. The molecule has 8 atom stereocenters. The van der Waals surface area contributed by atoms with Crippen molar-refractivity contribution in [2.75, 3.05) is 27.3 Å². The van der Waals surface area contributed by atoms with Gasteiger partial charge in [0, 0.05) is 30.8 Å². The molecule has 1 aromatic rings. The topological polar surface area (TPSA) is 140 Å². The SMILES string of the molecule is CC(I)(I)n1ccnc1.COC(=O)[C@@H]1C2C(CN1C(=O)[C@@H](C)C1CCCCC1)C2(C)C.COC(=O)[C@H]1NCC2C1C2(C)C.C[C@H](C(=O)O)C1CCCCC1.[Cl-]. The largest absolute Gasteiger partial charge is 1.00 e. The monoisotopic (exact) mass is 1020 g/mol. The minimum Gasteiger partial charge on any atom is -1.00 e. The number of methoxy groups -OCH3 is 2. The smallest absolute Gasteiger partial charge is 0.328 e. The van der Waals surface area contributed by atoms with Gasteiger partial charge in [-0.3, -0.25) is 14.4 Å². The molecular weight excluding hydrogens is 950 g/mol. The number of ether oxygens (including phenoxy) is 2. The van der Waals surface area contributed by atoms with E-state index in [2.05, 4.69) is 97.0 Å². The van der Waals surface area contributed by atoms with E-state index in [0.29, 0.717) is 35.0 Å². The minimum atomic E-state index is -0.628. The fourth-order valence-corrected chi connectivity index (χ4v) is 10.5. The third-order valence-corrected chi connectivity index (χ3v) is 15.0. The van der Waals surface area contributed by atoms with Gasteiger partial charge in [0.1, 0.15) is 13.6 Å². The van der Waals surface area contributed by atoms with Gasteiger partial charge in [0.15, 0.2) is 0 Å².